The Labute approximate surface area is 276 Å². The molecule has 0 saturated heterocycles. The molecule has 0 heterocycles. The molecule has 7 heteroatoms. The minimum Gasteiger partial charge on any atom is -0.387 e. The van der Waals surface area contributed by atoms with E-state index in [0.717, 1.165) is 77.0 Å². The molecule has 2 atom stereocenters. The average molecular weight is 646 g/mol. The van der Waals surface area contributed by atoms with Crippen molar-refractivity contribution in [1.82, 2.24) is 5.32 Å². The third-order valence-electron chi connectivity index (χ3n) is 7.03. The third kappa shape index (κ3) is 32.7. The van der Waals surface area contributed by atoms with Gasteiger partial charge in [0.2, 0.25) is 5.91 Å². The molecule has 0 aromatic carbocycles. The van der Waals surface area contributed by atoms with Gasteiger partial charge in [0.05, 0.1) is 17.9 Å². The molecule has 0 spiro atoms. The highest BCUT2D eigenvalue weighted by Crippen LogP contribution is 2.09. The molecule has 1 amide bonds. The summed E-state index contributed by atoms with van der Waals surface area (Å²) in [6.07, 6.45) is 45.6. The lowest BCUT2D eigenvalue weighted by atomic mass is 10.1. The van der Waals surface area contributed by atoms with E-state index in [1.54, 1.807) is 6.08 Å². The van der Waals surface area contributed by atoms with Crippen LogP contribution in [0, 0.1) is 0 Å². The van der Waals surface area contributed by atoms with Crippen LogP contribution in [0.25, 0.3) is 0 Å². The van der Waals surface area contributed by atoms with Gasteiger partial charge in [-0.2, -0.15) is 8.42 Å². The van der Waals surface area contributed by atoms with E-state index in [-0.39, 0.29) is 12.3 Å². The fourth-order valence-electron chi connectivity index (χ4n) is 4.47. The van der Waals surface area contributed by atoms with Gasteiger partial charge in [0, 0.05) is 6.42 Å². The van der Waals surface area contributed by atoms with Crippen LogP contribution in [-0.2, 0) is 14.9 Å². The molecule has 0 aliphatic heterocycles. The zero-order chi connectivity index (χ0) is 33.3. The smallest absolute Gasteiger partial charge is 0.267 e. The first-order chi connectivity index (χ1) is 21.8. The number of aliphatic hydroxyl groups is 1. The van der Waals surface area contributed by atoms with Crippen molar-refractivity contribution in [2.75, 3.05) is 5.75 Å². The van der Waals surface area contributed by atoms with Crippen molar-refractivity contribution in [1.29, 1.82) is 0 Å². The fraction of sp³-hybridized carbons (Fsp3) is 0.605. The van der Waals surface area contributed by atoms with Gasteiger partial charge in [-0.25, -0.2) is 0 Å². The van der Waals surface area contributed by atoms with Gasteiger partial charge in [-0.05, 0) is 83.5 Å². The first-order valence-electron chi connectivity index (χ1n) is 17.3. The summed E-state index contributed by atoms with van der Waals surface area (Å²) in [7, 11) is -4.36. The van der Waals surface area contributed by atoms with Gasteiger partial charge in [-0.3, -0.25) is 9.35 Å². The van der Waals surface area contributed by atoms with Crippen molar-refractivity contribution in [2.45, 2.75) is 142 Å². The number of allylic oxidation sites excluding steroid dienone is 13. The van der Waals surface area contributed by atoms with Crippen molar-refractivity contribution in [3.05, 3.63) is 85.1 Å². The van der Waals surface area contributed by atoms with Crippen LogP contribution >= 0.6 is 0 Å². The molecule has 6 nitrogen and oxygen atoms in total. The molecule has 3 N–H and O–H groups in total. The number of hydrogen-bond acceptors (Lipinski definition) is 4. The predicted octanol–water partition coefficient (Wildman–Crippen LogP) is 9.67. The lowest BCUT2D eigenvalue weighted by molar-refractivity contribution is -0.122. The molecule has 2 unspecified atom stereocenters. The van der Waals surface area contributed by atoms with Crippen molar-refractivity contribution < 1.29 is 22.9 Å². The summed E-state index contributed by atoms with van der Waals surface area (Å²) in [6, 6.07) is -1.10. The van der Waals surface area contributed by atoms with E-state index in [2.05, 4.69) is 92.1 Å². The molecular formula is C38H63NO5S. The van der Waals surface area contributed by atoms with E-state index < -0.39 is 28.0 Å². The number of aliphatic hydroxyl groups excluding tert-OH is 1. The fourth-order valence-corrected chi connectivity index (χ4v) is 5.20. The monoisotopic (exact) mass is 645 g/mol. The molecule has 0 aromatic rings. The molecule has 0 bridgehead atoms. The second kappa shape index (κ2) is 31.5. The quantitative estimate of drug-likeness (QED) is 0.0427. The Bertz CT molecular complexity index is 1020. The summed E-state index contributed by atoms with van der Waals surface area (Å²) in [5.41, 5.74) is 0. The van der Waals surface area contributed by atoms with E-state index in [1.807, 2.05) is 0 Å². The maximum absolute atomic E-state index is 12.4. The minimum atomic E-state index is -4.36. The topological polar surface area (TPSA) is 104 Å². The summed E-state index contributed by atoms with van der Waals surface area (Å²) in [5.74, 6) is -1.05. The number of carbonyl (C=O) groups is 1. The molecule has 0 aliphatic rings. The zero-order valence-corrected chi connectivity index (χ0v) is 29.0. The van der Waals surface area contributed by atoms with E-state index in [4.69, 9.17) is 0 Å². The third-order valence-corrected chi connectivity index (χ3v) is 7.81. The van der Waals surface area contributed by atoms with Crippen LogP contribution in [0.15, 0.2) is 85.1 Å². The molecular weight excluding hydrogens is 582 g/mol. The standard InChI is InChI=1S/C38H63NO5S/c1-3-5-7-9-11-13-15-17-18-19-20-22-24-26-28-30-32-34-38(41)39-36(35-45(42,43)44)37(40)33-31-29-27-25-23-21-16-14-12-10-8-6-4-2/h5,7,11-14,17-18,20,22-23,25,31,33,36-37,40H,3-4,6,8-10,15-16,19,21,24,26-30,32,34-35H2,1-2H3,(H,39,41)(H,42,43,44)/b7-5-,13-11-,14-12+,18-17-,22-20-,25-23+,33-31+. The Morgan fingerprint density at radius 1 is 0.622 bits per heavy atom. The number of nitrogens with one attached hydrogen (secondary N) is 1. The zero-order valence-electron chi connectivity index (χ0n) is 28.2. The molecule has 0 rings (SSSR count). The van der Waals surface area contributed by atoms with E-state index in [1.165, 1.54) is 25.3 Å². The Hall–Kier alpha value is -2.48. The number of rotatable bonds is 29. The van der Waals surface area contributed by atoms with Gasteiger partial charge in [0.15, 0.2) is 0 Å². The lowest BCUT2D eigenvalue weighted by Crippen LogP contribution is -2.46. The van der Waals surface area contributed by atoms with E-state index >= 15 is 0 Å². The number of unbranched alkanes of at least 4 members (excludes halogenated alkanes) is 9. The van der Waals surface area contributed by atoms with Gasteiger partial charge in [-0.1, -0.05) is 125 Å². The molecule has 0 radical (unpaired) electrons. The summed E-state index contributed by atoms with van der Waals surface area (Å²) >= 11 is 0. The molecule has 256 valence electrons. The van der Waals surface area contributed by atoms with Gasteiger partial charge < -0.3 is 10.4 Å². The van der Waals surface area contributed by atoms with Crippen LogP contribution in [0.3, 0.4) is 0 Å². The first kappa shape index (κ1) is 42.5. The Morgan fingerprint density at radius 3 is 1.64 bits per heavy atom. The predicted molar refractivity (Wildman–Crippen MR) is 193 cm³/mol. The van der Waals surface area contributed by atoms with Gasteiger partial charge in [0.25, 0.3) is 10.1 Å². The lowest BCUT2D eigenvalue weighted by Gasteiger charge is -2.21. The highest BCUT2D eigenvalue weighted by molar-refractivity contribution is 7.85. The maximum Gasteiger partial charge on any atom is 0.267 e. The van der Waals surface area contributed by atoms with Gasteiger partial charge in [-0.15, -0.1) is 0 Å². The maximum atomic E-state index is 12.4. The molecule has 0 aliphatic carbocycles. The van der Waals surface area contributed by atoms with Gasteiger partial charge in [0.1, 0.15) is 0 Å². The van der Waals surface area contributed by atoms with Crippen molar-refractivity contribution in [2.24, 2.45) is 0 Å². The average Bonchev–Trinajstić information content (AvgIpc) is 3.00. The summed E-state index contributed by atoms with van der Waals surface area (Å²) in [4.78, 5) is 12.4. The van der Waals surface area contributed by atoms with Gasteiger partial charge >= 0.3 is 0 Å². The Morgan fingerprint density at radius 2 is 1.09 bits per heavy atom. The van der Waals surface area contributed by atoms with Crippen LogP contribution in [-0.4, -0.2) is 41.9 Å². The SMILES string of the molecule is CC/C=C\C/C=C\C/C=C\C/C=C\CCCCCCC(=O)NC(CS(=O)(=O)O)C(O)/C=C/CC/C=C/CC/C=C/CCCCC. The second-order valence-electron chi connectivity index (χ2n) is 11.4. The normalized spacial score (nSPS) is 14.5. The Kier molecular flexibility index (Phi) is 29.8. The van der Waals surface area contributed by atoms with Crippen LogP contribution < -0.4 is 5.32 Å². The number of hydrogen-bond donors (Lipinski definition) is 3. The molecule has 0 aromatic heterocycles. The van der Waals surface area contributed by atoms with E-state index in [9.17, 15) is 22.9 Å². The molecule has 0 saturated carbocycles. The molecule has 45 heavy (non-hydrogen) atoms. The van der Waals surface area contributed by atoms with Crippen LogP contribution in [0.2, 0.25) is 0 Å². The van der Waals surface area contributed by atoms with Crippen LogP contribution in [0.4, 0.5) is 0 Å². The largest absolute Gasteiger partial charge is 0.387 e. The van der Waals surface area contributed by atoms with Crippen molar-refractivity contribution >= 4 is 16.0 Å². The van der Waals surface area contributed by atoms with Crippen LogP contribution in [0.5, 0.6) is 0 Å². The van der Waals surface area contributed by atoms with Crippen LogP contribution in [0.1, 0.15) is 129 Å². The highest BCUT2D eigenvalue weighted by atomic mass is 32.2. The number of carbonyl (C=O) groups excluding carboxylic acids is 1. The number of amides is 1. The first-order valence-corrected chi connectivity index (χ1v) is 18.9. The summed E-state index contributed by atoms with van der Waals surface area (Å²) in [6.45, 7) is 4.34. The van der Waals surface area contributed by atoms with E-state index in [0.29, 0.717) is 12.8 Å². The summed E-state index contributed by atoms with van der Waals surface area (Å²) < 4.78 is 32.3. The summed E-state index contributed by atoms with van der Waals surface area (Å²) in [5, 5.41) is 13.1. The van der Waals surface area contributed by atoms with Crippen molar-refractivity contribution in [3.63, 3.8) is 0 Å². The van der Waals surface area contributed by atoms with Crippen molar-refractivity contribution in [3.8, 4) is 0 Å². The highest BCUT2D eigenvalue weighted by Gasteiger charge is 2.24. The second-order valence-corrected chi connectivity index (χ2v) is 12.9. The molecule has 0 fully saturated rings. The Balaban J connectivity index is 4.17. The minimum absolute atomic E-state index is 0.251.